The summed E-state index contributed by atoms with van der Waals surface area (Å²) in [6.07, 6.45) is 11.0. The van der Waals surface area contributed by atoms with E-state index in [1.807, 2.05) is 0 Å². The van der Waals surface area contributed by atoms with Crippen molar-refractivity contribution in [2.75, 3.05) is 16.8 Å². The van der Waals surface area contributed by atoms with Crippen LogP contribution in [0.25, 0.3) is 10.8 Å². The van der Waals surface area contributed by atoms with Gasteiger partial charge in [0.05, 0.1) is 0 Å². The Kier molecular flexibility index (Phi) is 9.34. The van der Waals surface area contributed by atoms with Crippen molar-refractivity contribution in [1.82, 2.24) is 0 Å². The van der Waals surface area contributed by atoms with Gasteiger partial charge in [0, 0.05) is 29.0 Å². The lowest BCUT2D eigenvalue weighted by Crippen LogP contribution is -2.39. The molecule has 2 aromatic carbocycles. The first kappa shape index (κ1) is 23.7. The molecule has 2 aromatic rings. The van der Waals surface area contributed by atoms with Crippen molar-refractivity contribution in [2.45, 2.75) is 83.6 Å². The van der Waals surface area contributed by atoms with Crippen molar-refractivity contribution < 1.29 is 0 Å². The van der Waals surface area contributed by atoms with Crippen LogP contribution in [0.15, 0.2) is 36.4 Å². The van der Waals surface area contributed by atoms with E-state index in [9.17, 15) is 0 Å². The highest BCUT2D eigenvalue weighted by atomic mass is 79.9. The second kappa shape index (κ2) is 11.0. The molecule has 28 heavy (non-hydrogen) atoms. The Morgan fingerprint density at radius 2 is 1.46 bits per heavy atom. The molecule has 0 spiro atoms. The van der Waals surface area contributed by atoms with Crippen LogP contribution in [0.5, 0.6) is 0 Å². The van der Waals surface area contributed by atoms with E-state index in [0.717, 1.165) is 5.33 Å². The molecule has 0 radical (unpaired) electrons. The van der Waals surface area contributed by atoms with Gasteiger partial charge in [-0.15, -0.1) is 17.0 Å². The number of benzene rings is 2. The van der Waals surface area contributed by atoms with Gasteiger partial charge in [-0.05, 0) is 42.2 Å². The average molecular weight is 511 g/mol. The van der Waals surface area contributed by atoms with Crippen LogP contribution in [-0.4, -0.2) is 17.9 Å². The van der Waals surface area contributed by atoms with Gasteiger partial charge in [0.1, 0.15) is 0 Å². The third-order valence-corrected chi connectivity index (χ3v) is 7.22. The van der Waals surface area contributed by atoms with Gasteiger partial charge in [0.2, 0.25) is 0 Å². The number of anilines is 1. The maximum atomic E-state index is 3.52. The molecule has 0 aromatic heterocycles. The van der Waals surface area contributed by atoms with Gasteiger partial charge in [0.25, 0.3) is 0 Å². The second-order valence-electron chi connectivity index (χ2n) is 8.79. The summed E-state index contributed by atoms with van der Waals surface area (Å²) in [5, 5.41) is 3.98. The van der Waals surface area contributed by atoms with E-state index in [4.69, 9.17) is 0 Å². The minimum absolute atomic E-state index is 0. The first-order chi connectivity index (χ1) is 13.1. The molecule has 156 valence electrons. The summed E-state index contributed by atoms with van der Waals surface area (Å²) in [6.45, 7) is 8.46. The van der Waals surface area contributed by atoms with E-state index in [-0.39, 0.29) is 22.4 Å². The monoisotopic (exact) mass is 509 g/mol. The predicted molar refractivity (Wildman–Crippen MR) is 135 cm³/mol. The van der Waals surface area contributed by atoms with E-state index in [1.165, 1.54) is 74.4 Å². The van der Waals surface area contributed by atoms with Crippen molar-refractivity contribution in [3.63, 3.8) is 0 Å². The van der Waals surface area contributed by atoms with E-state index in [0.29, 0.717) is 6.04 Å². The minimum Gasteiger partial charge on any atom is -0.368 e. The van der Waals surface area contributed by atoms with Crippen LogP contribution < -0.4 is 4.90 Å². The lowest BCUT2D eigenvalue weighted by molar-refractivity contribution is 0.438. The van der Waals surface area contributed by atoms with Crippen molar-refractivity contribution in [1.29, 1.82) is 0 Å². The summed E-state index contributed by atoms with van der Waals surface area (Å²) >= 11 is 3.52. The number of hydrogen-bond acceptors (Lipinski definition) is 1. The highest BCUT2D eigenvalue weighted by molar-refractivity contribution is 9.09. The minimum atomic E-state index is 0. The molecule has 0 saturated carbocycles. The van der Waals surface area contributed by atoms with E-state index in [1.54, 1.807) is 5.56 Å². The largest absolute Gasteiger partial charge is 0.368 e. The SMILES string of the molecule is Br.CC1N(CCCCCCCCCCBr)c2ccc3ccccc3c2C1(C)C. The summed E-state index contributed by atoms with van der Waals surface area (Å²) in [5.41, 5.74) is 3.23. The Morgan fingerprint density at radius 3 is 2.14 bits per heavy atom. The van der Waals surface area contributed by atoms with Gasteiger partial charge < -0.3 is 4.90 Å². The van der Waals surface area contributed by atoms with Crippen LogP contribution in [0.2, 0.25) is 0 Å². The molecular formula is C25H37Br2N. The van der Waals surface area contributed by atoms with Crippen molar-refractivity contribution in [3.05, 3.63) is 42.0 Å². The first-order valence-electron chi connectivity index (χ1n) is 10.9. The van der Waals surface area contributed by atoms with Crippen LogP contribution >= 0.6 is 32.9 Å². The fraction of sp³-hybridized carbons (Fsp3) is 0.600. The van der Waals surface area contributed by atoms with E-state index in [2.05, 4.69) is 78.0 Å². The molecular weight excluding hydrogens is 474 g/mol. The summed E-state index contributed by atoms with van der Waals surface area (Å²) in [5.74, 6) is 0. The quantitative estimate of drug-likeness (QED) is 0.229. The molecule has 0 N–H and O–H groups in total. The highest BCUT2D eigenvalue weighted by Gasteiger charge is 2.42. The van der Waals surface area contributed by atoms with Crippen molar-refractivity contribution >= 4 is 49.4 Å². The number of halogens is 2. The number of nitrogens with zero attached hydrogens (tertiary/aromatic N) is 1. The standard InChI is InChI=1S/C25H36BrN.BrH/c1-20-25(2,3)24-22-15-11-10-14-21(22)16-17-23(24)27(20)19-13-9-7-5-4-6-8-12-18-26;/h10-11,14-17,20H,4-9,12-13,18-19H2,1-3H3;1H. The van der Waals surface area contributed by atoms with Gasteiger partial charge >= 0.3 is 0 Å². The molecule has 1 aliphatic heterocycles. The molecule has 0 saturated heterocycles. The molecule has 1 nitrogen and oxygen atoms in total. The maximum Gasteiger partial charge on any atom is 0.0414 e. The second-order valence-corrected chi connectivity index (χ2v) is 9.58. The fourth-order valence-corrected chi connectivity index (χ4v) is 5.13. The molecule has 3 heteroatoms. The highest BCUT2D eigenvalue weighted by Crippen LogP contribution is 2.48. The number of hydrogen-bond donors (Lipinski definition) is 0. The van der Waals surface area contributed by atoms with E-state index >= 15 is 0 Å². The van der Waals surface area contributed by atoms with Gasteiger partial charge in [-0.3, -0.25) is 0 Å². The number of alkyl halides is 1. The van der Waals surface area contributed by atoms with Crippen LogP contribution in [0.3, 0.4) is 0 Å². The maximum absolute atomic E-state index is 3.52. The fourth-order valence-electron chi connectivity index (χ4n) is 4.74. The number of fused-ring (bicyclic) bond motifs is 3. The Hall–Kier alpha value is -0.540. The molecule has 3 rings (SSSR count). The number of unbranched alkanes of at least 4 members (excludes halogenated alkanes) is 7. The lowest BCUT2D eigenvalue weighted by atomic mass is 9.79. The van der Waals surface area contributed by atoms with E-state index < -0.39 is 0 Å². The van der Waals surface area contributed by atoms with Gasteiger partial charge in [-0.1, -0.05) is 98.6 Å². The zero-order valence-corrected chi connectivity index (χ0v) is 21.1. The molecule has 0 amide bonds. The third-order valence-electron chi connectivity index (χ3n) is 6.66. The zero-order chi connectivity index (χ0) is 19.3. The van der Waals surface area contributed by atoms with Gasteiger partial charge in [0.15, 0.2) is 0 Å². The van der Waals surface area contributed by atoms with Crippen LogP contribution in [0.1, 0.15) is 77.7 Å². The summed E-state index contributed by atoms with van der Waals surface area (Å²) in [7, 11) is 0. The number of rotatable bonds is 10. The third kappa shape index (κ3) is 5.14. The molecule has 1 unspecified atom stereocenters. The van der Waals surface area contributed by atoms with Crippen LogP contribution in [0.4, 0.5) is 5.69 Å². The molecule has 1 atom stereocenters. The van der Waals surface area contributed by atoms with Gasteiger partial charge in [-0.2, -0.15) is 0 Å². The normalized spacial score (nSPS) is 17.6. The smallest absolute Gasteiger partial charge is 0.0414 e. The van der Waals surface area contributed by atoms with Crippen molar-refractivity contribution in [3.8, 4) is 0 Å². The zero-order valence-electron chi connectivity index (χ0n) is 17.8. The Morgan fingerprint density at radius 1 is 0.857 bits per heavy atom. The topological polar surface area (TPSA) is 3.24 Å². The molecule has 0 bridgehead atoms. The Bertz CT molecular complexity index is 740. The van der Waals surface area contributed by atoms with Crippen LogP contribution in [0, 0.1) is 0 Å². The molecule has 0 aliphatic carbocycles. The lowest BCUT2D eigenvalue weighted by Gasteiger charge is -2.31. The average Bonchev–Trinajstić information content (AvgIpc) is 2.87. The van der Waals surface area contributed by atoms with Crippen LogP contribution in [-0.2, 0) is 5.41 Å². The molecule has 0 fully saturated rings. The van der Waals surface area contributed by atoms with Crippen molar-refractivity contribution in [2.24, 2.45) is 0 Å². The predicted octanol–water partition coefficient (Wildman–Crippen LogP) is 8.42. The Labute approximate surface area is 191 Å². The summed E-state index contributed by atoms with van der Waals surface area (Å²) in [6, 6.07) is 14.1. The summed E-state index contributed by atoms with van der Waals surface area (Å²) < 4.78 is 0. The van der Waals surface area contributed by atoms with Gasteiger partial charge in [-0.25, -0.2) is 0 Å². The first-order valence-corrected chi connectivity index (χ1v) is 12.0. The molecule has 1 heterocycles. The Balaban J connectivity index is 0.00000280. The summed E-state index contributed by atoms with van der Waals surface area (Å²) in [4.78, 5) is 2.68. The molecule has 1 aliphatic rings.